The zero-order valence-corrected chi connectivity index (χ0v) is 22.1. The van der Waals surface area contributed by atoms with Gasteiger partial charge >= 0.3 is 0 Å². The van der Waals surface area contributed by atoms with Gasteiger partial charge in [0.1, 0.15) is 17.4 Å². The normalized spacial score (nSPS) is 11.4. The molecular formula is C25H33N11O2. The second kappa shape index (κ2) is 12.5. The van der Waals surface area contributed by atoms with Crippen LogP contribution in [0.5, 0.6) is 0 Å². The molecule has 2 rings (SSSR count). The summed E-state index contributed by atoms with van der Waals surface area (Å²) in [5, 5.41) is 15.9. The highest BCUT2D eigenvalue weighted by atomic mass is 16.2. The fraction of sp³-hybridized carbons (Fsp3) is 0.240. The Balaban J connectivity index is 2.67. The molecule has 38 heavy (non-hydrogen) atoms. The van der Waals surface area contributed by atoms with Gasteiger partial charge in [-0.05, 0) is 61.7 Å². The van der Waals surface area contributed by atoms with Crippen molar-refractivity contribution in [1.29, 1.82) is 5.26 Å². The molecule has 0 atom stereocenters. The lowest BCUT2D eigenvalue weighted by atomic mass is 10.0. The number of carbonyl (C=O) groups is 2. The first-order chi connectivity index (χ1) is 17.8. The minimum absolute atomic E-state index is 0.0137. The lowest BCUT2D eigenvalue weighted by molar-refractivity contribution is -0.115. The molecule has 1 aromatic heterocycles. The number of hydrogen-bond donors (Lipinski definition) is 4. The van der Waals surface area contributed by atoms with Crippen LogP contribution in [-0.2, 0) is 4.79 Å². The third-order valence-corrected chi connectivity index (χ3v) is 5.64. The first-order valence-electron chi connectivity index (χ1n) is 11.3. The summed E-state index contributed by atoms with van der Waals surface area (Å²) in [6.07, 6.45) is 3.10. The molecule has 0 saturated carbocycles. The highest BCUT2D eigenvalue weighted by Crippen LogP contribution is 2.29. The van der Waals surface area contributed by atoms with Gasteiger partial charge in [-0.2, -0.15) is 10.4 Å². The van der Waals surface area contributed by atoms with E-state index in [4.69, 9.17) is 23.4 Å². The zero-order chi connectivity index (χ0) is 28.7. The zero-order valence-electron chi connectivity index (χ0n) is 22.1. The fourth-order valence-corrected chi connectivity index (χ4v) is 3.63. The topological polar surface area (TPSA) is 200 Å². The first kappa shape index (κ1) is 29.5. The second-order valence-electron chi connectivity index (χ2n) is 8.59. The van der Waals surface area contributed by atoms with Crippen molar-refractivity contribution in [2.24, 2.45) is 28.5 Å². The van der Waals surface area contributed by atoms with Gasteiger partial charge in [-0.3, -0.25) is 19.6 Å². The molecule has 200 valence electrons. The van der Waals surface area contributed by atoms with Crippen LogP contribution in [0.15, 0.2) is 59.5 Å². The van der Waals surface area contributed by atoms with E-state index in [1.807, 2.05) is 19.1 Å². The smallest absolute Gasteiger partial charge is 0.289 e. The Morgan fingerprint density at radius 2 is 1.84 bits per heavy atom. The van der Waals surface area contributed by atoms with Gasteiger partial charge in [0.25, 0.3) is 11.8 Å². The molecule has 1 aromatic carbocycles. The molecule has 0 aliphatic rings. The number of amidine groups is 1. The Morgan fingerprint density at radius 1 is 1.18 bits per heavy atom. The van der Waals surface area contributed by atoms with Gasteiger partial charge in [0.2, 0.25) is 0 Å². The molecule has 0 saturated heterocycles. The summed E-state index contributed by atoms with van der Waals surface area (Å²) in [6.45, 7) is 9.20. The van der Waals surface area contributed by atoms with E-state index in [2.05, 4.69) is 16.7 Å². The van der Waals surface area contributed by atoms with Crippen LogP contribution >= 0.6 is 0 Å². The van der Waals surface area contributed by atoms with Crippen LogP contribution in [0.1, 0.15) is 34.0 Å². The molecule has 0 aliphatic heterocycles. The van der Waals surface area contributed by atoms with Crippen molar-refractivity contribution in [3.8, 4) is 6.07 Å². The standard InChI is InChI=1S/C25H33N11O2/c1-15(14-35(29)18(4)32-27)10-21(33(5)23-16(2)8-7-9-31-23)25(38)36(30)22-17(3)11-19(13-26)12-20(22)24(37)34(6)28/h7-12H,1,14,27-30H2,2-6H3/b21-10-,32-18-. The largest absolute Gasteiger partial charge is 0.325 e. The molecule has 0 spiro atoms. The summed E-state index contributed by atoms with van der Waals surface area (Å²) in [4.78, 5) is 32.8. The van der Waals surface area contributed by atoms with Crippen LogP contribution in [0.2, 0.25) is 0 Å². The lowest BCUT2D eigenvalue weighted by Crippen LogP contribution is -2.45. The van der Waals surface area contributed by atoms with E-state index >= 15 is 0 Å². The Labute approximate surface area is 221 Å². The van der Waals surface area contributed by atoms with Crippen LogP contribution in [0.3, 0.4) is 0 Å². The van der Waals surface area contributed by atoms with Crippen molar-refractivity contribution in [2.45, 2.75) is 20.8 Å². The van der Waals surface area contributed by atoms with Gasteiger partial charge in [0.15, 0.2) is 0 Å². The Morgan fingerprint density at radius 3 is 2.39 bits per heavy atom. The predicted octanol–water partition coefficient (Wildman–Crippen LogP) is 0.767. The summed E-state index contributed by atoms with van der Waals surface area (Å²) in [6, 6.07) is 8.46. The number of hydrazone groups is 1. The maximum Gasteiger partial charge on any atom is 0.289 e. The number of likely N-dealkylation sites (N-methyl/N-ethyl adjacent to an activating group) is 1. The Kier molecular flexibility index (Phi) is 9.66. The number of amides is 2. The molecule has 13 nitrogen and oxygen atoms in total. The lowest BCUT2D eigenvalue weighted by Gasteiger charge is -2.29. The van der Waals surface area contributed by atoms with Crippen molar-refractivity contribution in [2.75, 3.05) is 30.5 Å². The van der Waals surface area contributed by atoms with Crippen LogP contribution in [0.4, 0.5) is 11.5 Å². The number of nitrogens with zero attached hydrogens (tertiary/aromatic N) is 7. The number of pyridine rings is 1. The molecular weight excluding hydrogens is 486 g/mol. The molecule has 2 aromatic rings. The number of aromatic nitrogens is 1. The van der Waals surface area contributed by atoms with Crippen molar-refractivity contribution < 1.29 is 9.59 Å². The third kappa shape index (κ3) is 6.51. The van der Waals surface area contributed by atoms with E-state index in [1.165, 1.54) is 30.3 Å². The molecule has 0 fully saturated rings. The predicted molar refractivity (Wildman–Crippen MR) is 147 cm³/mol. The monoisotopic (exact) mass is 519 g/mol. The van der Waals surface area contributed by atoms with Gasteiger partial charge in [0, 0.05) is 20.3 Å². The first-order valence-corrected chi connectivity index (χ1v) is 11.3. The van der Waals surface area contributed by atoms with Gasteiger partial charge in [-0.15, -0.1) is 0 Å². The van der Waals surface area contributed by atoms with Crippen molar-refractivity contribution in [3.05, 3.63) is 76.6 Å². The quantitative estimate of drug-likeness (QED) is 0.0734. The number of rotatable bonds is 8. The highest BCUT2D eigenvalue weighted by molar-refractivity contribution is 6.11. The maximum atomic E-state index is 13.9. The van der Waals surface area contributed by atoms with Gasteiger partial charge in [-0.1, -0.05) is 12.6 Å². The molecule has 0 radical (unpaired) electrons. The van der Waals surface area contributed by atoms with E-state index in [1.54, 1.807) is 38.1 Å². The maximum absolute atomic E-state index is 13.9. The molecule has 1 heterocycles. The molecule has 2 amide bonds. The van der Waals surface area contributed by atoms with Crippen molar-refractivity contribution in [1.82, 2.24) is 15.0 Å². The molecule has 0 unspecified atom stereocenters. The van der Waals surface area contributed by atoms with Crippen LogP contribution in [0.25, 0.3) is 0 Å². The molecule has 0 bridgehead atoms. The number of nitriles is 1. The molecule has 0 aliphatic carbocycles. The number of hydrazine groups is 3. The average Bonchev–Trinajstić information content (AvgIpc) is 2.89. The third-order valence-electron chi connectivity index (χ3n) is 5.64. The van der Waals surface area contributed by atoms with Crippen molar-refractivity contribution >= 4 is 29.2 Å². The summed E-state index contributed by atoms with van der Waals surface area (Å²) in [7, 11) is 3.00. The minimum Gasteiger partial charge on any atom is -0.325 e. The minimum atomic E-state index is -0.687. The molecule has 13 heteroatoms. The average molecular weight is 520 g/mol. The van der Waals surface area contributed by atoms with Gasteiger partial charge in [0.05, 0.1) is 29.4 Å². The van der Waals surface area contributed by atoms with Crippen LogP contribution < -0.4 is 33.3 Å². The Bertz CT molecular complexity index is 1340. The number of nitrogens with two attached hydrogens (primary N) is 4. The van der Waals surface area contributed by atoms with E-state index in [0.717, 1.165) is 15.6 Å². The Hall–Kier alpha value is -4.77. The van der Waals surface area contributed by atoms with E-state index in [9.17, 15) is 14.9 Å². The van der Waals surface area contributed by atoms with Gasteiger partial charge < -0.3 is 10.7 Å². The summed E-state index contributed by atoms with van der Waals surface area (Å²) >= 11 is 0. The SMILES string of the molecule is C=C(/C=C(/C(=O)N(N)c1c(C)cc(C#N)cc1C(=O)N(C)N)N(C)c1ncccc1C)CN(N)/C(C)=N\N. The number of carbonyl (C=O) groups excluding carboxylic acids is 2. The highest BCUT2D eigenvalue weighted by Gasteiger charge is 2.28. The fourth-order valence-electron chi connectivity index (χ4n) is 3.63. The van der Waals surface area contributed by atoms with E-state index in [0.29, 0.717) is 22.8 Å². The second-order valence-corrected chi connectivity index (χ2v) is 8.59. The number of benzene rings is 1. The summed E-state index contributed by atoms with van der Waals surface area (Å²) < 4.78 is 0. The van der Waals surface area contributed by atoms with Crippen LogP contribution in [-0.4, -0.2) is 53.3 Å². The number of hydrogen-bond acceptors (Lipinski definition) is 10. The summed E-state index contributed by atoms with van der Waals surface area (Å²) in [5.41, 5.74) is 2.02. The summed E-state index contributed by atoms with van der Waals surface area (Å²) in [5.74, 6) is 22.9. The number of anilines is 2. The van der Waals surface area contributed by atoms with Crippen molar-refractivity contribution in [3.63, 3.8) is 0 Å². The van der Waals surface area contributed by atoms with E-state index in [-0.39, 0.29) is 29.1 Å². The molecule has 8 N–H and O–H groups in total. The van der Waals surface area contributed by atoms with E-state index < -0.39 is 11.8 Å². The van der Waals surface area contributed by atoms with Gasteiger partial charge in [-0.25, -0.2) is 27.5 Å². The van der Waals surface area contributed by atoms with Crippen LogP contribution in [0, 0.1) is 25.2 Å². The number of aryl methyl sites for hydroxylation is 2.